The SMILES string of the molecule is CC(C)CS(=O)CCC(=O)N(C)CCCN. The summed E-state index contributed by atoms with van der Waals surface area (Å²) in [6, 6.07) is 0. The van der Waals surface area contributed by atoms with Crippen molar-refractivity contribution in [3.05, 3.63) is 0 Å². The van der Waals surface area contributed by atoms with Crippen molar-refractivity contribution in [2.45, 2.75) is 26.7 Å². The van der Waals surface area contributed by atoms with Gasteiger partial charge in [0.25, 0.3) is 0 Å². The molecule has 96 valence electrons. The highest BCUT2D eigenvalue weighted by Gasteiger charge is 2.10. The first-order valence-electron chi connectivity index (χ1n) is 5.76. The van der Waals surface area contributed by atoms with Gasteiger partial charge in [0.15, 0.2) is 0 Å². The highest BCUT2D eigenvalue weighted by Crippen LogP contribution is 2.00. The van der Waals surface area contributed by atoms with E-state index in [0.717, 1.165) is 6.42 Å². The molecule has 0 fully saturated rings. The molecule has 0 aliphatic heterocycles. The predicted octanol–water partition coefficient (Wildman–Crippen LogP) is 0.588. The zero-order valence-electron chi connectivity index (χ0n) is 10.6. The molecule has 0 saturated heterocycles. The van der Waals surface area contributed by atoms with E-state index in [1.807, 2.05) is 13.8 Å². The van der Waals surface area contributed by atoms with Gasteiger partial charge in [-0.3, -0.25) is 9.00 Å². The van der Waals surface area contributed by atoms with Gasteiger partial charge < -0.3 is 10.6 Å². The Labute approximate surface area is 101 Å². The molecule has 0 rings (SSSR count). The Hall–Kier alpha value is -0.420. The van der Waals surface area contributed by atoms with Gasteiger partial charge in [0.05, 0.1) is 0 Å². The Kier molecular flexibility index (Phi) is 8.47. The van der Waals surface area contributed by atoms with Crippen molar-refractivity contribution in [3.63, 3.8) is 0 Å². The predicted molar refractivity (Wildman–Crippen MR) is 68.6 cm³/mol. The topological polar surface area (TPSA) is 63.4 Å². The van der Waals surface area contributed by atoms with Crippen molar-refractivity contribution >= 4 is 16.7 Å². The van der Waals surface area contributed by atoms with Crippen molar-refractivity contribution in [1.29, 1.82) is 0 Å². The minimum absolute atomic E-state index is 0.0607. The first-order valence-corrected chi connectivity index (χ1v) is 7.25. The Morgan fingerprint density at radius 3 is 2.56 bits per heavy atom. The van der Waals surface area contributed by atoms with Gasteiger partial charge in [0, 0.05) is 42.3 Å². The lowest BCUT2D eigenvalue weighted by Crippen LogP contribution is -2.30. The standard InChI is InChI=1S/C11H24N2O2S/c1-10(2)9-16(15)8-5-11(14)13(3)7-4-6-12/h10H,4-9,12H2,1-3H3. The van der Waals surface area contributed by atoms with Crippen molar-refractivity contribution in [2.75, 3.05) is 31.6 Å². The average molecular weight is 248 g/mol. The zero-order chi connectivity index (χ0) is 12.6. The molecule has 4 nitrogen and oxygen atoms in total. The summed E-state index contributed by atoms with van der Waals surface area (Å²) in [6.45, 7) is 5.35. The molecule has 16 heavy (non-hydrogen) atoms. The largest absolute Gasteiger partial charge is 0.346 e. The fourth-order valence-electron chi connectivity index (χ4n) is 1.30. The third-order valence-corrected chi connectivity index (χ3v) is 3.88. The van der Waals surface area contributed by atoms with Crippen LogP contribution in [0.3, 0.4) is 0 Å². The van der Waals surface area contributed by atoms with Crippen LogP contribution in [0.1, 0.15) is 26.7 Å². The molecule has 1 amide bonds. The summed E-state index contributed by atoms with van der Waals surface area (Å²) in [5, 5.41) is 0. The second-order valence-corrected chi connectivity index (χ2v) is 6.03. The normalized spacial score (nSPS) is 12.8. The molecule has 2 N–H and O–H groups in total. The molecule has 1 atom stereocenters. The molecule has 0 saturated carbocycles. The van der Waals surface area contributed by atoms with E-state index in [-0.39, 0.29) is 5.91 Å². The van der Waals surface area contributed by atoms with Crippen LogP contribution in [-0.4, -0.2) is 46.7 Å². The number of rotatable bonds is 8. The molecule has 0 aliphatic carbocycles. The van der Waals surface area contributed by atoms with Crippen LogP contribution in [0.5, 0.6) is 0 Å². The van der Waals surface area contributed by atoms with Gasteiger partial charge in [0.1, 0.15) is 0 Å². The molecule has 0 aliphatic rings. The Bertz CT molecular complexity index is 232. The van der Waals surface area contributed by atoms with Crippen LogP contribution < -0.4 is 5.73 Å². The summed E-state index contributed by atoms with van der Waals surface area (Å²) in [5.41, 5.74) is 5.37. The van der Waals surface area contributed by atoms with Crippen molar-refractivity contribution in [3.8, 4) is 0 Å². The zero-order valence-corrected chi connectivity index (χ0v) is 11.4. The second kappa shape index (κ2) is 8.70. The van der Waals surface area contributed by atoms with Crippen molar-refractivity contribution < 1.29 is 9.00 Å². The summed E-state index contributed by atoms with van der Waals surface area (Å²) in [6.07, 6.45) is 1.19. The van der Waals surface area contributed by atoms with E-state index >= 15 is 0 Å². The molecule has 0 aromatic rings. The third-order valence-electron chi connectivity index (χ3n) is 2.19. The van der Waals surface area contributed by atoms with E-state index in [1.54, 1.807) is 11.9 Å². The van der Waals surface area contributed by atoms with Gasteiger partial charge in [-0.2, -0.15) is 0 Å². The lowest BCUT2D eigenvalue weighted by molar-refractivity contribution is -0.129. The van der Waals surface area contributed by atoms with Gasteiger partial charge in [-0.15, -0.1) is 0 Å². The molecule has 1 unspecified atom stereocenters. The first-order chi connectivity index (χ1) is 7.47. The van der Waals surface area contributed by atoms with Gasteiger partial charge in [0.2, 0.25) is 5.91 Å². The highest BCUT2D eigenvalue weighted by molar-refractivity contribution is 7.85. The molecule has 5 heteroatoms. The molecule has 0 radical (unpaired) electrons. The maximum atomic E-state index is 11.6. The monoisotopic (exact) mass is 248 g/mol. The number of carbonyl (C=O) groups excluding carboxylic acids is 1. The van der Waals surface area contributed by atoms with Gasteiger partial charge in [-0.25, -0.2) is 0 Å². The maximum Gasteiger partial charge on any atom is 0.223 e. The highest BCUT2D eigenvalue weighted by atomic mass is 32.2. The minimum atomic E-state index is -0.865. The van der Waals surface area contributed by atoms with E-state index in [1.165, 1.54) is 0 Å². The number of hydrogen-bond donors (Lipinski definition) is 1. The van der Waals surface area contributed by atoms with E-state index in [4.69, 9.17) is 5.73 Å². The van der Waals surface area contributed by atoms with Gasteiger partial charge >= 0.3 is 0 Å². The quantitative estimate of drug-likeness (QED) is 0.684. The van der Waals surface area contributed by atoms with Gasteiger partial charge in [-0.1, -0.05) is 13.8 Å². The van der Waals surface area contributed by atoms with Crippen LogP contribution in [0, 0.1) is 5.92 Å². The number of carbonyl (C=O) groups is 1. The maximum absolute atomic E-state index is 11.6. The smallest absolute Gasteiger partial charge is 0.223 e. The van der Waals surface area contributed by atoms with Crippen LogP contribution >= 0.6 is 0 Å². The summed E-state index contributed by atoms with van der Waals surface area (Å²) < 4.78 is 11.5. The lowest BCUT2D eigenvalue weighted by Gasteiger charge is -2.16. The average Bonchev–Trinajstić information content (AvgIpc) is 2.21. The van der Waals surface area contributed by atoms with Crippen LogP contribution in [0.15, 0.2) is 0 Å². The summed E-state index contributed by atoms with van der Waals surface area (Å²) in [5.74, 6) is 1.64. The number of nitrogens with two attached hydrogens (primary N) is 1. The number of nitrogens with zero attached hydrogens (tertiary/aromatic N) is 1. The van der Waals surface area contributed by atoms with Crippen LogP contribution in [0.2, 0.25) is 0 Å². The van der Waals surface area contributed by atoms with E-state index in [2.05, 4.69) is 0 Å². The Morgan fingerprint density at radius 2 is 2.06 bits per heavy atom. The third kappa shape index (κ3) is 7.82. The minimum Gasteiger partial charge on any atom is -0.346 e. The fraction of sp³-hybridized carbons (Fsp3) is 0.909. The van der Waals surface area contributed by atoms with Crippen LogP contribution in [0.25, 0.3) is 0 Å². The summed E-state index contributed by atoms with van der Waals surface area (Å²) in [4.78, 5) is 13.3. The second-order valence-electron chi connectivity index (χ2n) is 4.41. The van der Waals surface area contributed by atoms with Crippen LogP contribution in [-0.2, 0) is 15.6 Å². The molecule has 0 heterocycles. The van der Waals surface area contributed by atoms with Crippen LogP contribution in [0.4, 0.5) is 0 Å². The molecule has 0 bridgehead atoms. The van der Waals surface area contributed by atoms with Crippen molar-refractivity contribution in [1.82, 2.24) is 4.90 Å². The first kappa shape index (κ1) is 15.6. The molecular weight excluding hydrogens is 224 g/mol. The summed E-state index contributed by atoms with van der Waals surface area (Å²) in [7, 11) is 0.902. The van der Waals surface area contributed by atoms with Crippen molar-refractivity contribution in [2.24, 2.45) is 11.7 Å². The summed E-state index contributed by atoms with van der Waals surface area (Å²) >= 11 is 0. The molecule has 0 aromatic carbocycles. The fourth-order valence-corrected chi connectivity index (χ4v) is 2.61. The molecular formula is C11H24N2O2S. The Morgan fingerprint density at radius 1 is 1.44 bits per heavy atom. The van der Waals surface area contributed by atoms with E-state index in [9.17, 15) is 9.00 Å². The molecule has 0 aromatic heterocycles. The van der Waals surface area contributed by atoms with Gasteiger partial charge in [-0.05, 0) is 18.9 Å². The Balaban J connectivity index is 3.75. The van der Waals surface area contributed by atoms with E-state index in [0.29, 0.717) is 36.9 Å². The molecule has 0 spiro atoms. The number of hydrogen-bond acceptors (Lipinski definition) is 3. The number of amides is 1. The van der Waals surface area contributed by atoms with E-state index < -0.39 is 10.8 Å². The lowest BCUT2D eigenvalue weighted by atomic mass is 10.3.